The van der Waals surface area contributed by atoms with Crippen molar-refractivity contribution in [3.63, 3.8) is 0 Å². The number of carbonyl (C=O) groups excluding carboxylic acids is 3. The van der Waals surface area contributed by atoms with E-state index in [4.69, 9.17) is 9.47 Å². The Morgan fingerprint density at radius 2 is 1.63 bits per heavy atom. The highest BCUT2D eigenvalue weighted by molar-refractivity contribution is 5.96. The van der Waals surface area contributed by atoms with E-state index >= 15 is 0 Å². The second kappa shape index (κ2) is 11.1. The van der Waals surface area contributed by atoms with Crippen LogP contribution in [-0.4, -0.2) is 30.4 Å². The summed E-state index contributed by atoms with van der Waals surface area (Å²) < 4.78 is 10.6. The molecule has 0 heterocycles. The standard InChI is InChI=1S/C24H29NO5/c1-5-16(3)20-9-7-8-10-21(20)25-24(28)17(4)30-23(27)15-29-19-13-11-18(12-14-19)22(26)6-2/h7-14,16-17H,5-6,15H2,1-4H3,(H,25,28)/t16-,17+/m1/s1. The van der Waals surface area contributed by atoms with E-state index in [9.17, 15) is 14.4 Å². The van der Waals surface area contributed by atoms with Crippen LogP contribution in [-0.2, 0) is 14.3 Å². The summed E-state index contributed by atoms with van der Waals surface area (Å²) in [7, 11) is 0. The molecule has 6 nitrogen and oxygen atoms in total. The molecule has 2 atom stereocenters. The number of ketones is 1. The zero-order valence-electron chi connectivity index (χ0n) is 17.9. The van der Waals surface area contributed by atoms with Gasteiger partial charge in [0.05, 0.1) is 0 Å². The van der Waals surface area contributed by atoms with Crippen LogP contribution in [0.3, 0.4) is 0 Å². The fraction of sp³-hybridized carbons (Fsp3) is 0.375. The van der Waals surface area contributed by atoms with Crippen molar-refractivity contribution < 1.29 is 23.9 Å². The van der Waals surface area contributed by atoms with Gasteiger partial charge in [0.2, 0.25) is 0 Å². The largest absolute Gasteiger partial charge is 0.482 e. The molecule has 0 fully saturated rings. The van der Waals surface area contributed by atoms with Gasteiger partial charge in [-0.1, -0.05) is 39.0 Å². The highest BCUT2D eigenvalue weighted by Gasteiger charge is 2.20. The minimum Gasteiger partial charge on any atom is -0.482 e. The van der Waals surface area contributed by atoms with E-state index in [0.717, 1.165) is 17.7 Å². The third-order valence-electron chi connectivity index (χ3n) is 4.89. The molecule has 0 saturated carbocycles. The maximum absolute atomic E-state index is 12.5. The Labute approximate surface area is 177 Å². The molecule has 0 unspecified atom stereocenters. The number of rotatable bonds is 10. The van der Waals surface area contributed by atoms with Gasteiger partial charge in [-0.25, -0.2) is 4.79 Å². The number of carbonyl (C=O) groups is 3. The van der Waals surface area contributed by atoms with Crippen molar-refractivity contribution in [1.29, 1.82) is 0 Å². The first kappa shape index (κ1) is 23.1. The number of amides is 1. The molecule has 6 heteroatoms. The Morgan fingerprint density at radius 3 is 2.27 bits per heavy atom. The van der Waals surface area contributed by atoms with Crippen LogP contribution in [0.4, 0.5) is 5.69 Å². The molecule has 2 rings (SSSR count). The molecule has 0 saturated heterocycles. The highest BCUT2D eigenvalue weighted by atomic mass is 16.6. The highest BCUT2D eigenvalue weighted by Crippen LogP contribution is 2.26. The lowest BCUT2D eigenvalue weighted by Crippen LogP contribution is -2.32. The molecular weight excluding hydrogens is 382 g/mol. The fourth-order valence-corrected chi connectivity index (χ4v) is 2.86. The van der Waals surface area contributed by atoms with E-state index in [1.54, 1.807) is 31.2 Å². The number of benzene rings is 2. The predicted octanol–water partition coefficient (Wildman–Crippen LogP) is 4.74. The van der Waals surface area contributed by atoms with Crippen LogP contribution in [0.25, 0.3) is 0 Å². The molecule has 1 amide bonds. The summed E-state index contributed by atoms with van der Waals surface area (Å²) in [6.45, 7) is 7.16. The van der Waals surface area contributed by atoms with Crippen molar-refractivity contribution in [2.45, 2.75) is 52.6 Å². The van der Waals surface area contributed by atoms with E-state index in [1.165, 1.54) is 6.92 Å². The van der Waals surface area contributed by atoms with Crippen molar-refractivity contribution in [1.82, 2.24) is 0 Å². The lowest BCUT2D eigenvalue weighted by Gasteiger charge is -2.18. The van der Waals surface area contributed by atoms with Crippen LogP contribution in [0.1, 0.15) is 62.4 Å². The maximum atomic E-state index is 12.5. The number of Topliss-reactive ketones (excluding diaryl/α,β-unsaturated/α-hetero) is 1. The summed E-state index contributed by atoms with van der Waals surface area (Å²) in [5.74, 6) is -0.273. The number of hydrogen-bond acceptors (Lipinski definition) is 5. The molecule has 0 radical (unpaired) electrons. The van der Waals surface area contributed by atoms with Gasteiger partial charge in [-0.3, -0.25) is 9.59 Å². The fourth-order valence-electron chi connectivity index (χ4n) is 2.86. The number of nitrogens with one attached hydrogen (secondary N) is 1. The number of ether oxygens (including phenoxy) is 2. The van der Waals surface area contributed by atoms with Crippen molar-refractivity contribution >= 4 is 23.3 Å². The molecule has 0 aliphatic carbocycles. The molecule has 30 heavy (non-hydrogen) atoms. The lowest BCUT2D eigenvalue weighted by molar-refractivity contribution is -0.155. The molecule has 2 aromatic carbocycles. The summed E-state index contributed by atoms with van der Waals surface area (Å²) in [6.07, 6.45) is 0.409. The summed E-state index contributed by atoms with van der Waals surface area (Å²) >= 11 is 0. The van der Waals surface area contributed by atoms with Gasteiger partial charge in [0.25, 0.3) is 5.91 Å². The second-order valence-corrected chi connectivity index (χ2v) is 7.11. The maximum Gasteiger partial charge on any atom is 0.344 e. The Morgan fingerprint density at radius 1 is 0.967 bits per heavy atom. The average molecular weight is 411 g/mol. The van der Waals surface area contributed by atoms with Crippen molar-refractivity contribution in [3.8, 4) is 5.75 Å². The summed E-state index contributed by atoms with van der Waals surface area (Å²) in [5, 5.41) is 2.84. The quantitative estimate of drug-likeness (QED) is 0.451. The van der Waals surface area contributed by atoms with Gasteiger partial charge in [0.15, 0.2) is 18.5 Å². The normalized spacial score (nSPS) is 12.5. The van der Waals surface area contributed by atoms with Crippen LogP contribution in [0, 0.1) is 0 Å². The molecule has 2 aromatic rings. The minimum absolute atomic E-state index is 0.0377. The number of anilines is 1. The Balaban J connectivity index is 1.87. The van der Waals surface area contributed by atoms with Gasteiger partial charge in [0, 0.05) is 17.7 Å². The van der Waals surface area contributed by atoms with Gasteiger partial charge in [0.1, 0.15) is 5.75 Å². The monoisotopic (exact) mass is 411 g/mol. The SMILES string of the molecule is CCC(=O)c1ccc(OCC(=O)O[C@@H](C)C(=O)Nc2ccccc2[C@H](C)CC)cc1. The van der Waals surface area contributed by atoms with Gasteiger partial charge in [-0.05, 0) is 55.2 Å². The number of hydrogen-bond donors (Lipinski definition) is 1. The van der Waals surface area contributed by atoms with Gasteiger partial charge in [-0.2, -0.15) is 0 Å². The van der Waals surface area contributed by atoms with E-state index in [-0.39, 0.29) is 12.4 Å². The average Bonchev–Trinajstić information content (AvgIpc) is 2.77. The summed E-state index contributed by atoms with van der Waals surface area (Å²) in [5.41, 5.74) is 2.35. The zero-order chi connectivity index (χ0) is 22.1. The Kier molecular flexibility index (Phi) is 8.59. The lowest BCUT2D eigenvalue weighted by atomic mass is 9.97. The van der Waals surface area contributed by atoms with Gasteiger partial charge in [-0.15, -0.1) is 0 Å². The minimum atomic E-state index is -0.962. The Bertz CT molecular complexity index is 875. The van der Waals surface area contributed by atoms with Crippen molar-refractivity contribution in [2.75, 3.05) is 11.9 Å². The predicted molar refractivity (Wildman–Crippen MR) is 116 cm³/mol. The summed E-state index contributed by atoms with van der Waals surface area (Å²) in [6, 6.07) is 14.1. The molecule has 0 aromatic heterocycles. The smallest absolute Gasteiger partial charge is 0.344 e. The van der Waals surface area contributed by atoms with E-state index in [0.29, 0.717) is 23.7 Å². The zero-order valence-corrected chi connectivity index (χ0v) is 17.9. The first-order valence-corrected chi connectivity index (χ1v) is 10.2. The van der Waals surface area contributed by atoms with Crippen molar-refractivity contribution in [2.24, 2.45) is 0 Å². The second-order valence-electron chi connectivity index (χ2n) is 7.11. The molecule has 0 bridgehead atoms. The molecule has 160 valence electrons. The number of esters is 1. The molecule has 0 aliphatic rings. The first-order chi connectivity index (χ1) is 14.3. The Hall–Kier alpha value is -3.15. The van der Waals surface area contributed by atoms with Gasteiger partial charge < -0.3 is 14.8 Å². The van der Waals surface area contributed by atoms with Crippen LogP contribution in [0.2, 0.25) is 0 Å². The van der Waals surface area contributed by atoms with Gasteiger partial charge >= 0.3 is 5.97 Å². The topological polar surface area (TPSA) is 81.7 Å². The van der Waals surface area contributed by atoms with Crippen LogP contribution < -0.4 is 10.1 Å². The summed E-state index contributed by atoms with van der Waals surface area (Å²) in [4.78, 5) is 36.1. The third kappa shape index (κ3) is 6.44. The van der Waals surface area contributed by atoms with E-state index in [1.807, 2.05) is 24.3 Å². The van der Waals surface area contributed by atoms with E-state index < -0.39 is 18.0 Å². The van der Waals surface area contributed by atoms with Crippen molar-refractivity contribution in [3.05, 3.63) is 59.7 Å². The first-order valence-electron chi connectivity index (χ1n) is 10.2. The third-order valence-corrected chi connectivity index (χ3v) is 4.89. The molecule has 0 spiro atoms. The molecular formula is C24H29NO5. The number of para-hydroxylation sites is 1. The van der Waals surface area contributed by atoms with Crippen LogP contribution in [0.5, 0.6) is 5.75 Å². The molecule has 1 N–H and O–H groups in total. The molecule has 0 aliphatic heterocycles. The van der Waals surface area contributed by atoms with Crippen LogP contribution in [0.15, 0.2) is 48.5 Å². The van der Waals surface area contributed by atoms with E-state index in [2.05, 4.69) is 19.2 Å². The van der Waals surface area contributed by atoms with Crippen LogP contribution >= 0.6 is 0 Å².